The van der Waals surface area contributed by atoms with Crippen molar-refractivity contribution in [2.45, 2.75) is 18.6 Å². The van der Waals surface area contributed by atoms with Crippen molar-refractivity contribution in [3.63, 3.8) is 0 Å². The van der Waals surface area contributed by atoms with Crippen molar-refractivity contribution in [2.24, 2.45) is 0 Å². The zero-order valence-electron chi connectivity index (χ0n) is 9.46. The number of hydrogen-bond donors (Lipinski definition) is 1. The predicted octanol–water partition coefficient (Wildman–Crippen LogP) is 3.77. The lowest BCUT2D eigenvalue weighted by Crippen LogP contribution is -2.07. The van der Waals surface area contributed by atoms with Crippen LogP contribution in [0.2, 0.25) is 5.02 Å². The predicted molar refractivity (Wildman–Crippen MR) is 72.3 cm³/mol. The largest absolute Gasteiger partial charge is 0.385 e. The summed E-state index contributed by atoms with van der Waals surface area (Å²) in [7, 11) is 0. The van der Waals surface area contributed by atoms with E-state index in [1.165, 1.54) is 0 Å². The zero-order chi connectivity index (χ0) is 12.0. The van der Waals surface area contributed by atoms with Crippen LogP contribution in [0.1, 0.15) is 18.9 Å². The van der Waals surface area contributed by atoms with Crippen LogP contribution in [-0.2, 0) is 0 Å². The Hall–Kier alpha value is -0.850. The first-order valence-corrected chi connectivity index (χ1v) is 6.80. The number of hydrogen-bond acceptors (Lipinski definition) is 3. The summed E-state index contributed by atoms with van der Waals surface area (Å²) in [6, 6.07) is 7.46. The number of thioether (sulfide) groups is 1. The molecule has 0 saturated carbocycles. The summed E-state index contributed by atoms with van der Waals surface area (Å²) in [6.45, 7) is 3.13. The molecule has 0 amide bonds. The fraction of sp³-hybridized carbons (Fsp3) is 0.417. The number of anilines is 1. The Morgan fingerprint density at radius 1 is 1.56 bits per heavy atom. The third-order valence-corrected chi connectivity index (χ3v) is 3.73. The average Bonchev–Trinajstić information content (AvgIpc) is 2.29. The third kappa shape index (κ3) is 3.96. The molecule has 4 heteroatoms. The molecule has 1 N–H and O–H groups in total. The van der Waals surface area contributed by atoms with E-state index in [1.54, 1.807) is 12.1 Å². The van der Waals surface area contributed by atoms with Gasteiger partial charge >= 0.3 is 0 Å². The summed E-state index contributed by atoms with van der Waals surface area (Å²) in [5.74, 6) is 0. The molecule has 0 fully saturated rings. The van der Waals surface area contributed by atoms with E-state index >= 15 is 0 Å². The van der Waals surface area contributed by atoms with Gasteiger partial charge in [-0.3, -0.25) is 0 Å². The van der Waals surface area contributed by atoms with Crippen LogP contribution in [-0.4, -0.2) is 18.1 Å². The van der Waals surface area contributed by atoms with Crippen LogP contribution >= 0.6 is 23.4 Å². The topological polar surface area (TPSA) is 35.8 Å². The molecular weight excluding hydrogens is 240 g/mol. The van der Waals surface area contributed by atoms with Gasteiger partial charge in [-0.1, -0.05) is 18.5 Å². The minimum atomic E-state index is 0.505. The maximum atomic E-state index is 8.73. The molecule has 0 aliphatic rings. The molecule has 0 radical (unpaired) electrons. The number of benzene rings is 1. The summed E-state index contributed by atoms with van der Waals surface area (Å²) < 4.78 is 0. The highest BCUT2D eigenvalue weighted by Crippen LogP contribution is 2.20. The quantitative estimate of drug-likeness (QED) is 0.869. The van der Waals surface area contributed by atoms with Crippen molar-refractivity contribution in [1.82, 2.24) is 0 Å². The van der Waals surface area contributed by atoms with Crippen molar-refractivity contribution in [3.05, 3.63) is 28.8 Å². The molecule has 2 nitrogen and oxygen atoms in total. The van der Waals surface area contributed by atoms with E-state index in [9.17, 15) is 0 Å². The van der Waals surface area contributed by atoms with Crippen molar-refractivity contribution in [2.75, 3.05) is 18.1 Å². The molecule has 0 saturated heterocycles. The van der Waals surface area contributed by atoms with Gasteiger partial charge in [0.25, 0.3) is 0 Å². The van der Waals surface area contributed by atoms with Gasteiger partial charge in [-0.2, -0.15) is 17.0 Å². The molecule has 0 aliphatic carbocycles. The van der Waals surface area contributed by atoms with E-state index in [-0.39, 0.29) is 0 Å². The molecule has 0 spiro atoms. The number of nitrogens with zero attached hydrogens (tertiary/aromatic N) is 1. The molecular formula is C12H15ClN2S. The SMILES string of the molecule is CSC(C)CCNc1ccc(C#N)c(Cl)c1. The number of halogens is 1. The lowest BCUT2D eigenvalue weighted by Gasteiger charge is -2.10. The fourth-order valence-corrected chi connectivity index (χ4v) is 1.83. The van der Waals surface area contributed by atoms with E-state index in [0.29, 0.717) is 15.8 Å². The molecule has 16 heavy (non-hydrogen) atoms. The lowest BCUT2D eigenvalue weighted by atomic mass is 10.2. The van der Waals surface area contributed by atoms with E-state index in [2.05, 4.69) is 18.5 Å². The number of nitriles is 1. The first-order chi connectivity index (χ1) is 7.67. The minimum absolute atomic E-state index is 0.505. The van der Waals surface area contributed by atoms with Gasteiger partial charge in [0.1, 0.15) is 6.07 Å². The summed E-state index contributed by atoms with van der Waals surface area (Å²) in [5.41, 5.74) is 1.49. The summed E-state index contributed by atoms with van der Waals surface area (Å²) in [6.07, 6.45) is 3.22. The highest BCUT2D eigenvalue weighted by atomic mass is 35.5. The van der Waals surface area contributed by atoms with Crippen LogP contribution < -0.4 is 5.32 Å². The molecule has 0 bridgehead atoms. The second-order valence-corrected chi connectivity index (χ2v) is 5.25. The van der Waals surface area contributed by atoms with Gasteiger partial charge < -0.3 is 5.32 Å². The van der Waals surface area contributed by atoms with Crippen molar-refractivity contribution >= 4 is 29.1 Å². The van der Waals surface area contributed by atoms with Gasteiger partial charge in [0, 0.05) is 17.5 Å². The average molecular weight is 255 g/mol. The summed E-state index contributed by atoms with van der Waals surface area (Å²) >= 11 is 7.79. The van der Waals surface area contributed by atoms with Crippen molar-refractivity contribution in [1.29, 1.82) is 5.26 Å². The van der Waals surface area contributed by atoms with Crippen LogP contribution in [0.15, 0.2) is 18.2 Å². The van der Waals surface area contributed by atoms with Gasteiger partial charge in [-0.15, -0.1) is 0 Å². The second-order valence-electron chi connectivity index (χ2n) is 3.57. The van der Waals surface area contributed by atoms with Gasteiger partial charge in [0.2, 0.25) is 0 Å². The van der Waals surface area contributed by atoms with Crippen LogP contribution in [0.4, 0.5) is 5.69 Å². The first-order valence-electron chi connectivity index (χ1n) is 5.13. The van der Waals surface area contributed by atoms with Crippen molar-refractivity contribution in [3.8, 4) is 6.07 Å². The third-order valence-electron chi connectivity index (χ3n) is 2.37. The van der Waals surface area contributed by atoms with Gasteiger partial charge in [0.15, 0.2) is 0 Å². The molecule has 1 rings (SSSR count). The van der Waals surface area contributed by atoms with Gasteiger partial charge in [0.05, 0.1) is 10.6 Å². The second kappa shape index (κ2) is 6.67. The lowest BCUT2D eigenvalue weighted by molar-refractivity contribution is 0.854. The Bertz CT molecular complexity index is 387. The maximum absolute atomic E-state index is 8.73. The minimum Gasteiger partial charge on any atom is -0.385 e. The van der Waals surface area contributed by atoms with Gasteiger partial charge in [-0.25, -0.2) is 0 Å². The smallest absolute Gasteiger partial charge is 0.101 e. The van der Waals surface area contributed by atoms with Crippen LogP contribution in [0, 0.1) is 11.3 Å². The van der Waals surface area contributed by atoms with Crippen LogP contribution in [0.3, 0.4) is 0 Å². The van der Waals surface area contributed by atoms with Gasteiger partial charge in [-0.05, 0) is 30.9 Å². The molecule has 0 heterocycles. The molecule has 0 aliphatic heterocycles. The Balaban J connectivity index is 2.50. The van der Waals surface area contributed by atoms with Crippen LogP contribution in [0.25, 0.3) is 0 Å². The fourth-order valence-electron chi connectivity index (χ4n) is 1.25. The van der Waals surface area contributed by atoms with E-state index < -0.39 is 0 Å². The Labute approximate surface area is 106 Å². The molecule has 1 aromatic rings. The number of nitrogens with one attached hydrogen (secondary N) is 1. The normalized spacial score (nSPS) is 11.9. The monoisotopic (exact) mass is 254 g/mol. The van der Waals surface area contributed by atoms with E-state index in [4.69, 9.17) is 16.9 Å². The number of rotatable bonds is 5. The van der Waals surface area contributed by atoms with Crippen molar-refractivity contribution < 1.29 is 0 Å². The molecule has 1 unspecified atom stereocenters. The first kappa shape index (κ1) is 13.2. The molecule has 1 atom stereocenters. The van der Waals surface area contributed by atoms with E-state index in [1.807, 2.05) is 23.9 Å². The Kier molecular flexibility index (Phi) is 5.51. The Morgan fingerprint density at radius 3 is 2.88 bits per heavy atom. The Morgan fingerprint density at radius 2 is 2.31 bits per heavy atom. The molecule has 86 valence electrons. The summed E-state index contributed by atoms with van der Waals surface area (Å²) in [4.78, 5) is 0. The summed E-state index contributed by atoms with van der Waals surface area (Å²) in [5, 5.41) is 13.2. The standard InChI is InChI=1S/C12H15ClN2S/c1-9(16-2)5-6-15-11-4-3-10(8-14)12(13)7-11/h3-4,7,9,15H,5-6H2,1-2H3. The maximum Gasteiger partial charge on any atom is 0.101 e. The molecule has 1 aromatic carbocycles. The highest BCUT2D eigenvalue weighted by molar-refractivity contribution is 7.99. The zero-order valence-corrected chi connectivity index (χ0v) is 11.0. The van der Waals surface area contributed by atoms with E-state index in [0.717, 1.165) is 18.7 Å². The van der Waals surface area contributed by atoms with Crippen LogP contribution in [0.5, 0.6) is 0 Å². The molecule has 0 aromatic heterocycles. The highest BCUT2D eigenvalue weighted by Gasteiger charge is 2.02.